The zero-order chi connectivity index (χ0) is 18.9. The molecule has 1 aromatic rings. The van der Waals surface area contributed by atoms with Gasteiger partial charge in [0.1, 0.15) is 0 Å². The van der Waals surface area contributed by atoms with Gasteiger partial charge in [0.05, 0.1) is 5.56 Å². The van der Waals surface area contributed by atoms with Crippen molar-refractivity contribution in [1.29, 1.82) is 0 Å². The Morgan fingerprint density at radius 3 is 2.65 bits per heavy atom. The minimum absolute atomic E-state index is 0.0538. The van der Waals surface area contributed by atoms with Gasteiger partial charge in [-0.1, -0.05) is 0 Å². The van der Waals surface area contributed by atoms with E-state index in [-0.39, 0.29) is 29.2 Å². The van der Waals surface area contributed by atoms with E-state index in [9.17, 15) is 22.8 Å². The Morgan fingerprint density at radius 1 is 1.27 bits per heavy atom. The number of hydrogen-bond acceptors (Lipinski definition) is 3. The summed E-state index contributed by atoms with van der Waals surface area (Å²) in [5.74, 6) is -0.773. The summed E-state index contributed by atoms with van der Waals surface area (Å²) in [5, 5.41) is 6.06. The molecule has 2 unspecified atom stereocenters. The number of rotatable bonds is 3. The second kappa shape index (κ2) is 7.26. The van der Waals surface area contributed by atoms with Crippen LogP contribution in [0.2, 0.25) is 0 Å². The summed E-state index contributed by atoms with van der Waals surface area (Å²) >= 11 is 0. The van der Waals surface area contributed by atoms with Gasteiger partial charge >= 0.3 is 6.18 Å². The van der Waals surface area contributed by atoms with Crippen LogP contribution < -0.4 is 15.5 Å². The average molecular weight is 369 g/mol. The summed E-state index contributed by atoms with van der Waals surface area (Å²) < 4.78 is 39.8. The van der Waals surface area contributed by atoms with Gasteiger partial charge in [-0.25, -0.2) is 0 Å². The maximum Gasteiger partial charge on any atom is 0.416 e. The lowest BCUT2D eigenvalue weighted by Gasteiger charge is -2.30. The number of halogens is 3. The molecule has 142 valence electrons. The average Bonchev–Trinajstić information content (AvgIpc) is 3.02. The van der Waals surface area contributed by atoms with Gasteiger partial charge in [0.2, 0.25) is 5.91 Å². The molecule has 0 aliphatic carbocycles. The van der Waals surface area contributed by atoms with E-state index in [0.29, 0.717) is 19.4 Å². The van der Waals surface area contributed by atoms with E-state index in [0.717, 1.165) is 31.5 Å². The third-order valence-corrected chi connectivity index (χ3v) is 4.97. The molecule has 0 aromatic heterocycles. The number of amides is 2. The van der Waals surface area contributed by atoms with Crippen LogP contribution in [0.5, 0.6) is 0 Å². The Labute approximate surface area is 149 Å². The highest BCUT2D eigenvalue weighted by molar-refractivity contribution is 5.99. The number of nitrogens with one attached hydrogen (secondary N) is 2. The number of carbonyl (C=O) groups excluding carboxylic acids is 2. The molecule has 2 atom stereocenters. The summed E-state index contributed by atoms with van der Waals surface area (Å²) in [6.45, 7) is 3.16. The second-order valence-corrected chi connectivity index (χ2v) is 6.88. The molecule has 0 saturated carbocycles. The fourth-order valence-electron chi connectivity index (χ4n) is 3.48. The van der Waals surface area contributed by atoms with Gasteiger partial charge in [-0.2, -0.15) is 13.2 Å². The largest absolute Gasteiger partial charge is 0.416 e. The van der Waals surface area contributed by atoms with E-state index in [2.05, 4.69) is 10.6 Å². The van der Waals surface area contributed by atoms with Crippen molar-refractivity contribution in [2.45, 2.75) is 50.9 Å². The van der Waals surface area contributed by atoms with Crippen molar-refractivity contribution in [1.82, 2.24) is 10.6 Å². The Balaban J connectivity index is 1.89. The molecule has 0 spiro atoms. The van der Waals surface area contributed by atoms with Gasteiger partial charge in [-0.05, 0) is 50.9 Å². The lowest BCUT2D eigenvalue weighted by Crippen LogP contribution is -2.51. The number of piperidine rings is 1. The van der Waals surface area contributed by atoms with E-state index in [1.807, 2.05) is 6.92 Å². The minimum Gasteiger partial charge on any atom is -0.348 e. The van der Waals surface area contributed by atoms with E-state index in [1.165, 1.54) is 11.0 Å². The van der Waals surface area contributed by atoms with Crippen molar-refractivity contribution >= 4 is 17.5 Å². The van der Waals surface area contributed by atoms with Gasteiger partial charge in [0.15, 0.2) is 0 Å². The van der Waals surface area contributed by atoms with Crippen molar-refractivity contribution in [2.24, 2.45) is 0 Å². The molecule has 2 saturated heterocycles. The van der Waals surface area contributed by atoms with Crippen molar-refractivity contribution in [2.75, 3.05) is 18.0 Å². The molecule has 5 nitrogen and oxygen atoms in total. The topological polar surface area (TPSA) is 61.4 Å². The monoisotopic (exact) mass is 369 g/mol. The number of hydrogen-bond donors (Lipinski definition) is 2. The molecule has 2 amide bonds. The first kappa shape index (κ1) is 18.7. The molecule has 2 fully saturated rings. The van der Waals surface area contributed by atoms with Crippen molar-refractivity contribution in [3.63, 3.8) is 0 Å². The molecule has 2 aliphatic rings. The zero-order valence-corrected chi connectivity index (χ0v) is 14.5. The number of benzene rings is 1. The number of anilines is 1. The molecule has 0 bridgehead atoms. The summed E-state index contributed by atoms with van der Waals surface area (Å²) in [6.07, 6.45) is -2.01. The summed E-state index contributed by atoms with van der Waals surface area (Å²) in [5.41, 5.74) is -0.871. The quantitative estimate of drug-likeness (QED) is 0.861. The zero-order valence-electron chi connectivity index (χ0n) is 14.5. The first-order valence-electron chi connectivity index (χ1n) is 8.82. The van der Waals surface area contributed by atoms with Gasteiger partial charge < -0.3 is 15.5 Å². The van der Waals surface area contributed by atoms with Gasteiger partial charge in [-0.15, -0.1) is 0 Å². The lowest BCUT2D eigenvalue weighted by atomic mass is 9.99. The summed E-state index contributed by atoms with van der Waals surface area (Å²) in [4.78, 5) is 25.8. The van der Waals surface area contributed by atoms with E-state index < -0.39 is 17.6 Å². The highest BCUT2D eigenvalue weighted by Gasteiger charge is 2.34. The van der Waals surface area contributed by atoms with Crippen molar-refractivity contribution < 1.29 is 22.8 Å². The molecular formula is C18H22F3N3O2. The molecule has 2 aliphatic heterocycles. The smallest absolute Gasteiger partial charge is 0.348 e. The Bertz CT molecular complexity index is 705. The van der Waals surface area contributed by atoms with Gasteiger partial charge in [-0.3, -0.25) is 9.59 Å². The van der Waals surface area contributed by atoms with Gasteiger partial charge in [0.25, 0.3) is 5.91 Å². The molecule has 3 rings (SSSR count). The Morgan fingerprint density at radius 2 is 2.04 bits per heavy atom. The molecule has 8 heteroatoms. The molecule has 1 aromatic carbocycles. The minimum atomic E-state index is -4.59. The molecular weight excluding hydrogens is 347 g/mol. The van der Waals surface area contributed by atoms with Gasteiger partial charge in [0, 0.05) is 36.3 Å². The fraction of sp³-hybridized carbons (Fsp3) is 0.556. The van der Waals surface area contributed by atoms with Crippen LogP contribution in [0.15, 0.2) is 18.2 Å². The maximum atomic E-state index is 13.3. The number of alkyl halides is 3. The summed E-state index contributed by atoms with van der Waals surface area (Å²) in [6, 6.07) is 3.07. The second-order valence-electron chi connectivity index (χ2n) is 6.88. The summed E-state index contributed by atoms with van der Waals surface area (Å²) in [7, 11) is 0. The van der Waals surface area contributed by atoms with Crippen LogP contribution in [-0.4, -0.2) is 37.0 Å². The highest BCUT2D eigenvalue weighted by Crippen LogP contribution is 2.34. The molecule has 2 N–H and O–H groups in total. The van der Waals surface area contributed by atoms with E-state index in [1.54, 1.807) is 0 Å². The van der Waals surface area contributed by atoms with Crippen LogP contribution in [0.3, 0.4) is 0 Å². The first-order valence-corrected chi connectivity index (χ1v) is 8.82. The predicted octanol–water partition coefficient (Wildman–Crippen LogP) is 2.70. The van der Waals surface area contributed by atoms with Crippen molar-refractivity contribution in [3.05, 3.63) is 29.3 Å². The molecule has 2 heterocycles. The third kappa shape index (κ3) is 4.00. The SMILES string of the molecule is CC1NCCCC1NC(=O)c1cc(N2CCCC2=O)cc(C(F)(F)F)c1. The van der Waals surface area contributed by atoms with E-state index >= 15 is 0 Å². The van der Waals surface area contributed by atoms with Crippen LogP contribution in [0.1, 0.15) is 48.5 Å². The third-order valence-electron chi connectivity index (χ3n) is 4.97. The van der Waals surface area contributed by atoms with E-state index in [4.69, 9.17) is 0 Å². The Hall–Kier alpha value is -2.09. The predicted molar refractivity (Wildman–Crippen MR) is 91.0 cm³/mol. The number of carbonyl (C=O) groups is 2. The van der Waals surface area contributed by atoms with Crippen LogP contribution in [0.4, 0.5) is 18.9 Å². The highest BCUT2D eigenvalue weighted by atomic mass is 19.4. The van der Waals surface area contributed by atoms with Crippen LogP contribution in [-0.2, 0) is 11.0 Å². The molecule has 26 heavy (non-hydrogen) atoms. The first-order chi connectivity index (χ1) is 12.3. The van der Waals surface area contributed by atoms with Crippen LogP contribution in [0.25, 0.3) is 0 Å². The lowest BCUT2D eigenvalue weighted by molar-refractivity contribution is -0.137. The standard InChI is InChI=1S/C18H22F3N3O2/c1-11-15(4-2-6-22-11)23-17(26)12-8-13(18(19,20)21)10-14(9-12)24-7-3-5-16(24)25/h8-11,15,22H,2-7H2,1H3,(H,23,26). The maximum absolute atomic E-state index is 13.3. The Kier molecular flexibility index (Phi) is 5.22. The molecule has 0 radical (unpaired) electrons. The van der Waals surface area contributed by atoms with Crippen molar-refractivity contribution in [3.8, 4) is 0 Å². The van der Waals surface area contributed by atoms with Crippen LogP contribution >= 0.6 is 0 Å². The fourth-order valence-corrected chi connectivity index (χ4v) is 3.48. The number of nitrogens with zero attached hydrogens (tertiary/aromatic N) is 1. The van der Waals surface area contributed by atoms with Crippen LogP contribution in [0, 0.1) is 0 Å². The normalized spacial score (nSPS) is 24.0.